The second-order valence-electron chi connectivity index (χ2n) is 6.61. The molecule has 0 aliphatic carbocycles. The summed E-state index contributed by atoms with van der Waals surface area (Å²) in [6.45, 7) is 4.36. The molecule has 1 N–H and O–H groups in total. The number of hydrogen-bond donors (Lipinski definition) is 1. The first kappa shape index (κ1) is 16.5. The van der Waals surface area contributed by atoms with Crippen molar-refractivity contribution in [2.75, 3.05) is 39.9 Å². The van der Waals surface area contributed by atoms with Gasteiger partial charge in [-0.3, -0.25) is 4.90 Å². The zero-order valence-corrected chi connectivity index (χ0v) is 14.5. The molecule has 2 saturated heterocycles. The molecule has 4 rings (SSSR count). The van der Waals surface area contributed by atoms with Gasteiger partial charge in [0.15, 0.2) is 5.82 Å². The van der Waals surface area contributed by atoms with Gasteiger partial charge in [0.2, 0.25) is 0 Å². The van der Waals surface area contributed by atoms with Crippen molar-refractivity contribution in [1.29, 1.82) is 0 Å². The fourth-order valence-electron chi connectivity index (χ4n) is 3.24. The van der Waals surface area contributed by atoms with E-state index in [0.717, 1.165) is 62.8 Å². The SMILES string of the molecule is CN1CCNCC1c1noc(-c2ccc(OC3CCOCC3)cc2)n1. The van der Waals surface area contributed by atoms with Crippen molar-refractivity contribution >= 4 is 0 Å². The van der Waals surface area contributed by atoms with Crippen LogP contribution in [0.1, 0.15) is 24.7 Å². The minimum atomic E-state index is 0.155. The number of aromatic nitrogens is 2. The van der Waals surface area contributed by atoms with Crippen molar-refractivity contribution in [3.05, 3.63) is 30.1 Å². The van der Waals surface area contributed by atoms with Crippen LogP contribution in [0.25, 0.3) is 11.5 Å². The van der Waals surface area contributed by atoms with Gasteiger partial charge < -0.3 is 19.3 Å². The van der Waals surface area contributed by atoms with Gasteiger partial charge in [-0.1, -0.05) is 5.16 Å². The molecule has 134 valence electrons. The summed E-state index contributed by atoms with van der Waals surface area (Å²) < 4.78 is 16.8. The summed E-state index contributed by atoms with van der Waals surface area (Å²) >= 11 is 0. The number of ether oxygens (including phenoxy) is 2. The lowest BCUT2D eigenvalue weighted by atomic mass is 10.1. The highest BCUT2D eigenvalue weighted by molar-refractivity contribution is 5.54. The van der Waals surface area contributed by atoms with Gasteiger partial charge >= 0.3 is 0 Å². The molecule has 2 aliphatic rings. The number of hydrogen-bond acceptors (Lipinski definition) is 7. The highest BCUT2D eigenvalue weighted by Gasteiger charge is 2.25. The predicted octanol–water partition coefficient (Wildman–Crippen LogP) is 1.87. The average molecular weight is 344 g/mol. The Labute approximate surface area is 147 Å². The second-order valence-corrected chi connectivity index (χ2v) is 6.61. The third-order valence-electron chi connectivity index (χ3n) is 4.82. The monoisotopic (exact) mass is 344 g/mol. The summed E-state index contributed by atoms with van der Waals surface area (Å²) in [5, 5.41) is 7.54. The molecule has 2 aromatic rings. The molecule has 7 heteroatoms. The van der Waals surface area contributed by atoms with Crippen molar-refractivity contribution in [3.8, 4) is 17.2 Å². The molecule has 1 aromatic carbocycles. The van der Waals surface area contributed by atoms with Crippen LogP contribution in [0.5, 0.6) is 5.75 Å². The molecule has 7 nitrogen and oxygen atoms in total. The molecule has 0 amide bonds. The zero-order chi connectivity index (χ0) is 17.1. The quantitative estimate of drug-likeness (QED) is 0.908. The molecule has 0 radical (unpaired) electrons. The van der Waals surface area contributed by atoms with E-state index in [1.807, 2.05) is 24.3 Å². The maximum absolute atomic E-state index is 6.00. The van der Waals surface area contributed by atoms with Gasteiger partial charge in [0, 0.05) is 38.0 Å². The molecule has 3 heterocycles. The molecule has 0 spiro atoms. The lowest BCUT2D eigenvalue weighted by Gasteiger charge is -2.30. The van der Waals surface area contributed by atoms with Crippen LogP contribution >= 0.6 is 0 Å². The molecule has 1 unspecified atom stereocenters. The van der Waals surface area contributed by atoms with E-state index in [1.54, 1.807) is 0 Å². The number of piperazine rings is 1. The molecule has 0 saturated carbocycles. The topological polar surface area (TPSA) is 72.7 Å². The highest BCUT2D eigenvalue weighted by atomic mass is 16.5. The smallest absolute Gasteiger partial charge is 0.257 e. The summed E-state index contributed by atoms with van der Waals surface area (Å²) in [6.07, 6.45) is 2.12. The first-order valence-corrected chi connectivity index (χ1v) is 8.89. The first-order valence-electron chi connectivity index (χ1n) is 8.89. The number of likely N-dealkylation sites (N-methyl/N-ethyl adjacent to an activating group) is 1. The van der Waals surface area contributed by atoms with Gasteiger partial charge in [0.25, 0.3) is 5.89 Å². The third kappa shape index (κ3) is 3.84. The van der Waals surface area contributed by atoms with E-state index in [9.17, 15) is 0 Å². The van der Waals surface area contributed by atoms with Crippen molar-refractivity contribution in [2.24, 2.45) is 0 Å². The fraction of sp³-hybridized carbons (Fsp3) is 0.556. The van der Waals surface area contributed by atoms with Crippen LogP contribution in [0, 0.1) is 0 Å². The lowest BCUT2D eigenvalue weighted by molar-refractivity contribution is 0.0256. The van der Waals surface area contributed by atoms with E-state index in [2.05, 4.69) is 27.4 Å². The Balaban J connectivity index is 1.43. The maximum Gasteiger partial charge on any atom is 0.257 e. The van der Waals surface area contributed by atoms with Gasteiger partial charge in [-0.25, -0.2) is 0 Å². The van der Waals surface area contributed by atoms with E-state index >= 15 is 0 Å². The Bertz CT molecular complexity index is 682. The van der Waals surface area contributed by atoms with E-state index in [-0.39, 0.29) is 12.1 Å². The Morgan fingerprint density at radius 2 is 2.00 bits per heavy atom. The minimum Gasteiger partial charge on any atom is -0.490 e. The van der Waals surface area contributed by atoms with Crippen molar-refractivity contribution < 1.29 is 14.0 Å². The summed E-state index contributed by atoms with van der Waals surface area (Å²) in [6, 6.07) is 8.01. The Kier molecular flexibility index (Phi) is 4.96. The van der Waals surface area contributed by atoms with Gasteiger partial charge in [-0.2, -0.15) is 4.98 Å². The Hall–Kier alpha value is -1.96. The van der Waals surface area contributed by atoms with Crippen LogP contribution in [0.2, 0.25) is 0 Å². The Morgan fingerprint density at radius 3 is 2.76 bits per heavy atom. The van der Waals surface area contributed by atoms with Crippen LogP contribution in [-0.2, 0) is 4.74 Å². The van der Waals surface area contributed by atoms with Crippen LogP contribution in [0.15, 0.2) is 28.8 Å². The molecular weight excluding hydrogens is 320 g/mol. The van der Waals surface area contributed by atoms with Gasteiger partial charge in [-0.15, -0.1) is 0 Å². The second kappa shape index (κ2) is 7.51. The van der Waals surface area contributed by atoms with Gasteiger partial charge in [-0.05, 0) is 31.3 Å². The largest absolute Gasteiger partial charge is 0.490 e. The standard InChI is InChI=1S/C18H24N4O3/c1-22-9-8-19-12-16(22)17-20-18(25-21-17)13-2-4-14(5-3-13)24-15-6-10-23-11-7-15/h2-5,15-16,19H,6-12H2,1H3. The molecule has 0 bridgehead atoms. The van der Waals surface area contributed by atoms with Crippen LogP contribution in [-0.4, -0.2) is 61.0 Å². The van der Waals surface area contributed by atoms with E-state index < -0.39 is 0 Å². The van der Waals surface area contributed by atoms with E-state index in [4.69, 9.17) is 14.0 Å². The number of nitrogens with one attached hydrogen (secondary N) is 1. The van der Waals surface area contributed by atoms with Crippen LogP contribution in [0.4, 0.5) is 0 Å². The predicted molar refractivity (Wildman–Crippen MR) is 92.4 cm³/mol. The maximum atomic E-state index is 6.00. The third-order valence-corrected chi connectivity index (χ3v) is 4.82. The zero-order valence-electron chi connectivity index (χ0n) is 14.5. The lowest BCUT2D eigenvalue weighted by Crippen LogP contribution is -2.44. The van der Waals surface area contributed by atoms with Crippen molar-refractivity contribution in [1.82, 2.24) is 20.4 Å². The van der Waals surface area contributed by atoms with Gasteiger partial charge in [0.05, 0.1) is 19.3 Å². The van der Waals surface area contributed by atoms with Gasteiger partial charge in [0.1, 0.15) is 11.9 Å². The molecule has 2 aliphatic heterocycles. The van der Waals surface area contributed by atoms with E-state index in [1.165, 1.54) is 0 Å². The number of rotatable bonds is 4. The summed E-state index contributed by atoms with van der Waals surface area (Å²) in [5.41, 5.74) is 0.907. The highest BCUT2D eigenvalue weighted by Crippen LogP contribution is 2.25. The summed E-state index contributed by atoms with van der Waals surface area (Å²) in [5.74, 6) is 2.14. The normalized spacial score (nSPS) is 22.8. The van der Waals surface area contributed by atoms with Crippen LogP contribution in [0.3, 0.4) is 0 Å². The Morgan fingerprint density at radius 1 is 1.20 bits per heavy atom. The molecular formula is C18H24N4O3. The fourth-order valence-corrected chi connectivity index (χ4v) is 3.24. The molecule has 1 aromatic heterocycles. The summed E-state index contributed by atoms with van der Waals surface area (Å²) in [7, 11) is 2.09. The molecule has 1 atom stereocenters. The van der Waals surface area contributed by atoms with Crippen molar-refractivity contribution in [3.63, 3.8) is 0 Å². The molecule has 25 heavy (non-hydrogen) atoms. The average Bonchev–Trinajstić information content (AvgIpc) is 3.13. The number of nitrogens with zero attached hydrogens (tertiary/aromatic N) is 3. The first-order chi connectivity index (χ1) is 12.3. The molecule has 2 fully saturated rings. The minimum absolute atomic E-state index is 0.155. The number of benzene rings is 1. The van der Waals surface area contributed by atoms with E-state index in [0.29, 0.717) is 5.89 Å². The van der Waals surface area contributed by atoms with Crippen molar-refractivity contribution in [2.45, 2.75) is 25.0 Å². The summed E-state index contributed by atoms with van der Waals surface area (Å²) in [4.78, 5) is 6.83. The van der Waals surface area contributed by atoms with Crippen LogP contribution < -0.4 is 10.1 Å².